The van der Waals surface area contributed by atoms with E-state index in [1.54, 1.807) is 0 Å². The minimum atomic E-state index is 0.358. The van der Waals surface area contributed by atoms with E-state index < -0.39 is 0 Å². The fourth-order valence-corrected chi connectivity index (χ4v) is 6.03. The van der Waals surface area contributed by atoms with Gasteiger partial charge in [-0.3, -0.25) is 9.48 Å². The molecule has 1 aromatic rings. The Hall–Kier alpha value is -1.20. The van der Waals surface area contributed by atoms with Gasteiger partial charge >= 0.3 is 0 Å². The van der Waals surface area contributed by atoms with Crippen LogP contribution in [0, 0.1) is 5.92 Å². The summed E-state index contributed by atoms with van der Waals surface area (Å²) in [6.07, 6.45) is 14.8. The molecule has 5 heteroatoms. The van der Waals surface area contributed by atoms with Crippen LogP contribution in [0.4, 0.5) is 0 Å². The summed E-state index contributed by atoms with van der Waals surface area (Å²) in [6.45, 7) is 11.4. The third-order valence-electron chi connectivity index (χ3n) is 8.19. The summed E-state index contributed by atoms with van der Waals surface area (Å²) in [6, 6.07) is 2.08. The Kier molecular flexibility index (Phi) is 7.30. The van der Waals surface area contributed by atoms with Crippen molar-refractivity contribution in [2.45, 2.75) is 103 Å². The number of hydrogen-bond acceptors (Lipinski definition) is 4. The number of carbonyl (C=O) groups is 1. The molecular weight excluding hydrogens is 372 g/mol. The van der Waals surface area contributed by atoms with Crippen LogP contribution in [-0.2, 0) is 4.79 Å². The minimum absolute atomic E-state index is 0.358. The molecule has 0 atom stereocenters. The predicted molar refractivity (Wildman–Crippen MR) is 122 cm³/mol. The van der Waals surface area contributed by atoms with E-state index in [9.17, 15) is 4.79 Å². The van der Waals surface area contributed by atoms with Crippen molar-refractivity contribution < 1.29 is 4.79 Å². The molecule has 5 nitrogen and oxygen atoms in total. The van der Waals surface area contributed by atoms with Crippen molar-refractivity contribution >= 4 is 5.78 Å². The number of nitrogens with zero attached hydrogens (tertiary/aromatic N) is 4. The lowest BCUT2D eigenvalue weighted by molar-refractivity contribution is -0.123. The summed E-state index contributed by atoms with van der Waals surface area (Å²) in [5.41, 5.74) is 1.36. The number of rotatable bonds is 6. The molecule has 4 rings (SSSR count). The molecule has 0 spiro atoms. The smallest absolute Gasteiger partial charge is 0.135 e. The van der Waals surface area contributed by atoms with Crippen molar-refractivity contribution in [1.82, 2.24) is 19.6 Å². The van der Waals surface area contributed by atoms with E-state index >= 15 is 0 Å². The first kappa shape index (κ1) is 22.0. The maximum absolute atomic E-state index is 12.0. The number of hydrogen-bond donors (Lipinski definition) is 0. The molecule has 0 N–H and O–H groups in total. The van der Waals surface area contributed by atoms with Gasteiger partial charge in [-0.2, -0.15) is 5.10 Å². The molecule has 0 unspecified atom stereocenters. The highest BCUT2D eigenvalue weighted by Crippen LogP contribution is 2.32. The second-order valence-electron chi connectivity index (χ2n) is 10.3. The maximum atomic E-state index is 12.0. The zero-order chi connectivity index (χ0) is 21.1. The second kappa shape index (κ2) is 9.95. The molecule has 3 fully saturated rings. The first-order valence-corrected chi connectivity index (χ1v) is 12.6. The van der Waals surface area contributed by atoms with E-state index in [0.29, 0.717) is 23.7 Å². The van der Waals surface area contributed by atoms with Crippen molar-refractivity contribution in [2.24, 2.45) is 5.92 Å². The molecule has 1 saturated carbocycles. The summed E-state index contributed by atoms with van der Waals surface area (Å²) in [5, 5.41) is 4.65. The Morgan fingerprint density at radius 3 is 1.93 bits per heavy atom. The van der Waals surface area contributed by atoms with Crippen LogP contribution in [0.1, 0.15) is 96.1 Å². The van der Waals surface area contributed by atoms with Crippen molar-refractivity contribution in [2.75, 3.05) is 26.2 Å². The van der Waals surface area contributed by atoms with Crippen LogP contribution in [0.3, 0.4) is 0 Å². The van der Waals surface area contributed by atoms with E-state index in [-0.39, 0.29) is 0 Å². The number of likely N-dealkylation sites (tertiary alicyclic amines) is 2. The largest absolute Gasteiger partial charge is 0.300 e. The van der Waals surface area contributed by atoms with Gasteiger partial charge in [0.1, 0.15) is 5.78 Å². The summed E-state index contributed by atoms with van der Waals surface area (Å²) in [7, 11) is 0. The highest BCUT2D eigenvalue weighted by Gasteiger charge is 2.33. The van der Waals surface area contributed by atoms with Gasteiger partial charge in [-0.1, -0.05) is 20.8 Å². The van der Waals surface area contributed by atoms with Gasteiger partial charge in [0.2, 0.25) is 0 Å². The standard InChI is InChI=1S/C25H42N4O/c1-4-25(30)20-5-7-22(8-6-20)27-13-9-23(10-14-27)28-15-11-24(12-16-28)29-18-21(17-26-29)19(2)3/h17-20,22-24H,4-16H2,1-3H3. The van der Waals surface area contributed by atoms with Gasteiger partial charge < -0.3 is 9.80 Å². The Morgan fingerprint density at radius 1 is 0.900 bits per heavy atom. The van der Waals surface area contributed by atoms with Gasteiger partial charge in [0, 0.05) is 43.7 Å². The van der Waals surface area contributed by atoms with Crippen LogP contribution < -0.4 is 0 Å². The molecule has 2 saturated heterocycles. The molecule has 0 bridgehead atoms. The number of Topliss-reactive ketones (excluding diaryl/α,β-unsaturated/α-hetero) is 1. The number of aromatic nitrogens is 2. The summed E-state index contributed by atoms with van der Waals surface area (Å²) in [5.74, 6) is 1.41. The van der Waals surface area contributed by atoms with Crippen molar-refractivity contribution in [3.63, 3.8) is 0 Å². The molecule has 1 aliphatic carbocycles. The number of carbonyl (C=O) groups excluding carboxylic acids is 1. The van der Waals surface area contributed by atoms with Crippen LogP contribution in [-0.4, -0.2) is 63.6 Å². The first-order valence-electron chi connectivity index (χ1n) is 12.6. The third kappa shape index (κ3) is 4.99. The van der Waals surface area contributed by atoms with E-state index in [0.717, 1.165) is 31.3 Å². The highest BCUT2D eigenvalue weighted by atomic mass is 16.1. The summed E-state index contributed by atoms with van der Waals surface area (Å²) in [4.78, 5) is 17.5. The number of piperidine rings is 2. The molecule has 0 aromatic carbocycles. The number of ketones is 1. The Bertz CT molecular complexity index is 675. The predicted octanol–water partition coefficient (Wildman–Crippen LogP) is 4.65. The second-order valence-corrected chi connectivity index (χ2v) is 10.3. The average Bonchev–Trinajstić information content (AvgIpc) is 3.30. The van der Waals surface area contributed by atoms with Gasteiger partial charge in [-0.15, -0.1) is 0 Å². The maximum Gasteiger partial charge on any atom is 0.135 e. The van der Waals surface area contributed by atoms with Crippen LogP contribution >= 0.6 is 0 Å². The first-order chi connectivity index (χ1) is 14.5. The van der Waals surface area contributed by atoms with E-state index in [1.807, 2.05) is 6.92 Å². The Morgan fingerprint density at radius 2 is 1.43 bits per heavy atom. The van der Waals surface area contributed by atoms with E-state index in [4.69, 9.17) is 0 Å². The zero-order valence-electron chi connectivity index (χ0n) is 19.4. The van der Waals surface area contributed by atoms with Gasteiger partial charge in [0.05, 0.1) is 12.2 Å². The van der Waals surface area contributed by atoms with Crippen molar-refractivity contribution in [3.05, 3.63) is 18.0 Å². The zero-order valence-corrected chi connectivity index (χ0v) is 19.4. The highest BCUT2D eigenvalue weighted by molar-refractivity contribution is 5.80. The topological polar surface area (TPSA) is 41.4 Å². The molecule has 3 aliphatic rings. The molecule has 0 amide bonds. The average molecular weight is 415 g/mol. The Balaban J connectivity index is 1.19. The lowest BCUT2D eigenvalue weighted by Gasteiger charge is -2.45. The van der Waals surface area contributed by atoms with Gasteiger partial charge in [0.15, 0.2) is 0 Å². The Labute approximate surface area is 183 Å². The fourth-order valence-electron chi connectivity index (χ4n) is 6.03. The van der Waals surface area contributed by atoms with Gasteiger partial charge in [-0.05, 0) is 75.9 Å². The minimum Gasteiger partial charge on any atom is -0.300 e. The van der Waals surface area contributed by atoms with Gasteiger partial charge in [-0.25, -0.2) is 0 Å². The van der Waals surface area contributed by atoms with Crippen LogP contribution in [0.5, 0.6) is 0 Å². The summed E-state index contributed by atoms with van der Waals surface area (Å²) >= 11 is 0. The monoisotopic (exact) mass is 414 g/mol. The quantitative estimate of drug-likeness (QED) is 0.680. The van der Waals surface area contributed by atoms with Crippen LogP contribution in [0.2, 0.25) is 0 Å². The molecule has 0 radical (unpaired) electrons. The lowest BCUT2D eigenvalue weighted by atomic mass is 9.81. The molecule has 168 valence electrons. The molecule has 3 heterocycles. The van der Waals surface area contributed by atoms with Crippen LogP contribution in [0.25, 0.3) is 0 Å². The third-order valence-corrected chi connectivity index (χ3v) is 8.19. The lowest BCUT2D eigenvalue weighted by Crippen LogP contribution is -2.50. The van der Waals surface area contributed by atoms with Gasteiger partial charge in [0.25, 0.3) is 0 Å². The van der Waals surface area contributed by atoms with Crippen molar-refractivity contribution in [3.8, 4) is 0 Å². The SMILES string of the molecule is CCC(=O)C1CCC(N2CCC(N3CCC(n4cc(C(C)C)cn4)CC3)CC2)CC1. The summed E-state index contributed by atoms with van der Waals surface area (Å²) < 4.78 is 2.23. The molecule has 30 heavy (non-hydrogen) atoms. The fraction of sp³-hybridized carbons (Fsp3) is 0.840. The van der Waals surface area contributed by atoms with Crippen LogP contribution in [0.15, 0.2) is 12.4 Å². The molecule has 2 aliphatic heterocycles. The van der Waals surface area contributed by atoms with E-state index in [1.165, 1.54) is 70.3 Å². The molecular formula is C25H42N4O. The normalized spacial score (nSPS) is 28.3. The molecule has 1 aromatic heterocycles. The van der Waals surface area contributed by atoms with E-state index in [2.05, 4.69) is 45.8 Å². The van der Waals surface area contributed by atoms with Crippen molar-refractivity contribution in [1.29, 1.82) is 0 Å².